The van der Waals surface area contributed by atoms with Crippen LogP contribution in [0.5, 0.6) is 0 Å². The second-order valence-corrected chi connectivity index (χ2v) is 12.6. The van der Waals surface area contributed by atoms with Gasteiger partial charge in [0.2, 0.25) is 0 Å². The minimum atomic E-state index is -5.02. The van der Waals surface area contributed by atoms with Crippen LogP contribution < -0.4 is 11.1 Å². The molecule has 11 rings (SSSR count). The topological polar surface area (TPSA) is 68.7 Å². The molecule has 50 heavy (non-hydrogen) atoms. The SMILES string of the molecule is O=c1c2cc(C(F)(F)F)c3c4ccc5c6c(cc(C(F)(F)F)c(c7ccc(c2c73)c2nc3ccccc3n12)c46)c(=O)n1c2ccccc2nc51. The van der Waals surface area contributed by atoms with Gasteiger partial charge in [-0.2, -0.15) is 26.3 Å². The zero-order valence-corrected chi connectivity index (χ0v) is 25.0. The summed E-state index contributed by atoms with van der Waals surface area (Å²) in [5, 5.41) is -1.02. The molecule has 0 N–H and O–H groups in total. The van der Waals surface area contributed by atoms with Gasteiger partial charge in [0.05, 0.1) is 33.2 Å². The molecule has 0 aliphatic heterocycles. The van der Waals surface area contributed by atoms with Crippen LogP contribution in [0, 0.1) is 0 Å². The minimum absolute atomic E-state index is 0.0864. The number of hydrogen-bond donors (Lipinski definition) is 0. The molecule has 0 atom stereocenters. The maximum atomic E-state index is 15.2. The van der Waals surface area contributed by atoms with Crippen LogP contribution in [0.25, 0.3) is 98.0 Å². The van der Waals surface area contributed by atoms with Crippen LogP contribution in [0.15, 0.2) is 94.5 Å². The second-order valence-electron chi connectivity index (χ2n) is 12.6. The molecule has 12 heteroatoms. The van der Waals surface area contributed by atoms with Crippen molar-refractivity contribution in [2.45, 2.75) is 12.4 Å². The molecule has 11 aromatic rings. The van der Waals surface area contributed by atoms with E-state index in [2.05, 4.69) is 9.97 Å². The van der Waals surface area contributed by atoms with E-state index in [1.54, 1.807) is 48.5 Å². The molecule has 0 amide bonds. The molecule has 0 saturated carbocycles. The van der Waals surface area contributed by atoms with E-state index >= 15 is 26.3 Å². The van der Waals surface area contributed by atoms with Crippen molar-refractivity contribution in [3.05, 3.63) is 117 Å². The molecule has 0 aliphatic rings. The highest BCUT2D eigenvalue weighted by Crippen LogP contribution is 2.52. The molecule has 7 aromatic carbocycles. The van der Waals surface area contributed by atoms with Crippen LogP contribution in [-0.4, -0.2) is 18.8 Å². The molecule has 0 bridgehead atoms. The van der Waals surface area contributed by atoms with Crippen molar-refractivity contribution in [1.82, 2.24) is 18.8 Å². The standard InChI is InChI=1S/C38H14F6N4O2/c39-37(40,41)21-13-19-27-17(33-45-23-5-1-3-7-25(23)47(33)35(19)49)11-9-15-30-22(38(42,43)44)14-20-28-18(12-10-16(32(28)30)29(21)31(15)27)34-46-24-6-2-4-8-26(24)48(34)36(20)50/h1-14H. The quantitative estimate of drug-likeness (QED) is 0.0915. The largest absolute Gasteiger partial charge is 0.417 e. The van der Waals surface area contributed by atoms with Crippen LogP contribution >= 0.6 is 0 Å². The van der Waals surface area contributed by atoms with Crippen LogP contribution in [0.3, 0.4) is 0 Å². The summed E-state index contributed by atoms with van der Waals surface area (Å²) >= 11 is 0. The summed E-state index contributed by atoms with van der Waals surface area (Å²) in [6, 6.07) is 20.7. The van der Waals surface area contributed by atoms with Gasteiger partial charge in [0, 0.05) is 43.1 Å². The van der Waals surface area contributed by atoms with Gasteiger partial charge in [0.15, 0.2) is 0 Å². The van der Waals surface area contributed by atoms with Crippen LogP contribution in [0.2, 0.25) is 0 Å². The first kappa shape index (κ1) is 27.6. The zero-order valence-electron chi connectivity index (χ0n) is 25.0. The average molecular weight is 673 g/mol. The van der Waals surface area contributed by atoms with E-state index in [4.69, 9.17) is 0 Å². The Morgan fingerprint density at radius 2 is 0.820 bits per heavy atom. The Bertz CT molecular complexity index is 3220. The van der Waals surface area contributed by atoms with Gasteiger partial charge in [-0.15, -0.1) is 0 Å². The summed E-state index contributed by atoms with van der Waals surface area (Å²) in [6.07, 6.45) is -10.0. The van der Waals surface area contributed by atoms with E-state index in [9.17, 15) is 9.59 Å². The fraction of sp³-hybridized carbons (Fsp3) is 0.0526. The highest BCUT2D eigenvalue weighted by molar-refractivity contribution is 6.42. The van der Waals surface area contributed by atoms with Crippen molar-refractivity contribution in [2.24, 2.45) is 0 Å². The first-order valence-corrected chi connectivity index (χ1v) is 15.4. The molecular formula is C38H14F6N4O2. The Balaban J connectivity index is 1.49. The van der Waals surface area contributed by atoms with Crippen LogP contribution in [0.4, 0.5) is 26.3 Å². The van der Waals surface area contributed by atoms with Gasteiger partial charge in [0.25, 0.3) is 11.1 Å². The van der Waals surface area contributed by atoms with Gasteiger partial charge in [-0.3, -0.25) is 18.4 Å². The summed E-state index contributed by atoms with van der Waals surface area (Å²) in [5.74, 6) is 0. The van der Waals surface area contributed by atoms with E-state index in [0.29, 0.717) is 32.8 Å². The first-order chi connectivity index (χ1) is 23.9. The molecule has 0 saturated heterocycles. The van der Waals surface area contributed by atoms with E-state index in [0.717, 1.165) is 12.1 Å². The van der Waals surface area contributed by atoms with E-state index in [1.807, 2.05) is 0 Å². The van der Waals surface area contributed by atoms with Crippen molar-refractivity contribution in [3.63, 3.8) is 0 Å². The van der Waals surface area contributed by atoms with Gasteiger partial charge in [-0.25, -0.2) is 9.97 Å². The number of alkyl halides is 6. The van der Waals surface area contributed by atoms with Gasteiger partial charge in [-0.1, -0.05) is 36.4 Å². The summed E-state index contributed by atoms with van der Waals surface area (Å²) in [6.45, 7) is 0. The lowest BCUT2D eigenvalue weighted by Crippen LogP contribution is -2.17. The summed E-state index contributed by atoms with van der Waals surface area (Å²) in [5.41, 5.74) is -1.88. The Morgan fingerprint density at radius 1 is 0.440 bits per heavy atom. The Labute approximate surface area is 272 Å². The number of benzene rings is 7. The molecule has 0 radical (unpaired) electrons. The number of nitrogens with zero attached hydrogens (tertiary/aromatic N) is 4. The summed E-state index contributed by atoms with van der Waals surface area (Å²) < 4.78 is 93.9. The monoisotopic (exact) mass is 672 g/mol. The van der Waals surface area contributed by atoms with Crippen molar-refractivity contribution < 1.29 is 26.3 Å². The highest BCUT2D eigenvalue weighted by atomic mass is 19.4. The van der Waals surface area contributed by atoms with Crippen LogP contribution in [0.1, 0.15) is 11.1 Å². The van der Waals surface area contributed by atoms with Gasteiger partial charge < -0.3 is 0 Å². The number of rotatable bonds is 0. The summed E-state index contributed by atoms with van der Waals surface area (Å²) in [7, 11) is 0. The number of fused-ring (bicyclic) bond motifs is 10. The second kappa shape index (κ2) is 8.46. The van der Waals surface area contributed by atoms with Gasteiger partial charge >= 0.3 is 12.4 Å². The van der Waals surface area contributed by atoms with Gasteiger partial charge in [-0.05, 0) is 70.1 Å². The van der Waals surface area contributed by atoms with Gasteiger partial charge in [0.1, 0.15) is 11.3 Å². The molecule has 0 fully saturated rings. The maximum Gasteiger partial charge on any atom is 0.417 e. The van der Waals surface area contributed by atoms with E-state index < -0.39 is 34.6 Å². The number of hydrogen-bond acceptors (Lipinski definition) is 4. The predicted octanol–water partition coefficient (Wildman–Crippen LogP) is 9.28. The number of aromatic nitrogens is 4. The Morgan fingerprint density at radius 3 is 1.22 bits per heavy atom. The van der Waals surface area contributed by atoms with E-state index in [1.165, 1.54) is 33.1 Å². The van der Waals surface area contributed by atoms with Crippen LogP contribution in [-0.2, 0) is 12.4 Å². The normalized spacial score (nSPS) is 13.6. The first-order valence-electron chi connectivity index (χ1n) is 15.4. The number of pyridine rings is 2. The average Bonchev–Trinajstić information content (AvgIpc) is 3.67. The van der Waals surface area contributed by atoms with Crippen molar-refractivity contribution in [3.8, 4) is 0 Å². The lowest BCUT2D eigenvalue weighted by molar-refractivity contribution is -0.137. The third-order valence-electron chi connectivity index (χ3n) is 10.2. The predicted molar refractivity (Wildman–Crippen MR) is 180 cm³/mol. The Hall–Kier alpha value is -6.30. The number of para-hydroxylation sites is 4. The molecule has 0 spiro atoms. The fourth-order valence-corrected chi connectivity index (χ4v) is 8.33. The van der Waals surface area contributed by atoms with Crippen molar-refractivity contribution in [1.29, 1.82) is 0 Å². The molecule has 240 valence electrons. The number of halogens is 6. The zero-order chi connectivity index (χ0) is 34.2. The maximum absolute atomic E-state index is 15.2. The molecule has 4 aromatic heterocycles. The minimum Gasteiger partial charge on any atom is -0.268 e. The third-order valence-corrected chi connectivity index (χ3v) is 10.2. The third kappa shape index (κ3) is 3.08. The van der Waals surface area contributed by atoms with Crippen molar-refractivity contribution in [2.75, 3.05) is 0 Å². The molecule has 0 aliphatic carbocycles. The molecular weight excluding hydrogens is 658 g/mol. The molecule has 4 heterocycles. The smallest absolute Gasteiger partial charge is 0.268 e. The highest BCUT2D eigenvalue weighted by Gasteiger charge is 2.39. The van der Waals surface area contributed by atoms with Crippen molar-refractivity contribution >= 4 is 98.0 Å². The summed E-state index contributed by atoms with van der Waals surface area (Å²) in [4.78, 5) is 37.5. The number of imidazole rings is 2. The lowest BCUT2D eigenvalue weighted by atomic mass is 9.82. The molecule has 6 nitrogen and oxygen atoms in total. The van der Waals surface area contributed by atoms with E-state index in [-0.39, 0.29) is 65.2 Å². The Kier molecular flexibility index (Phi) is 4.67. The fourth-order valence-electron chi connectivity index (χ4n) is 8.33. The molecule has 0 unspecified atom stereocenters. The lowest BCUT2D eigenvalue weighted by Gasteiger charge is -2.23.